The number of benzene rings is 1. The molecule has 3 rings (SSSR count). The molecule has 0 saturated carbocycles. The highest BCUT2D eigenvalue weighted by molar-refractivity contribution is 7.89. The minimum absolute atomic E-state index is 0.0275. The van der Waals surface area contributed by atoms with Gasteiger partial charge in [-0.2, -0.15) is 9.40 Å². The summed E-state index contributed by atoms with van der Waals surface area (Å²) in [5.74, 6) is -0.764. The molecule has 1 aromatic heterocycles. The molecule has 1 aliphatic heterocycles. The van der Waals surface area contributed by atoms with E-state index in [1.807, 2.05) is 0 Å². The molecule has 0 radical (unpaired) electrons. The fraction of sp³-hybridized carbons (Fsp3) is 0.375. The monoisotopic (exact) mass is 366 g/mol. The predicted octanol–water partition coefficient (Wildman–Crippen LogP) is 1.60. The first-order chi connectivity index (χ1) is 11.9. The molecular weight excluding hydrogens is 347 g/mol. The first-order valence-corrected chi connectivity index (χ1v) is 9.36. The zero-order chi connectivity index (χ0) is 18.0. The van der Waals surface area contributed by atoms with E-state index in [-0.39, 0.29) is 17.3 Å². The topological polar surface area (TPSA) is 84.3 Å². The van der Waals surface area contributed by atoms with Crippen molar-refractivity contribution >= 4 is 21.7 Å². The first-order valence-electron chi connectivity index (χ1n) is 7.92. The fourth-order valence-electron chi connectivity index (χ4n) is 2.84. The largest absolute Gasteiger partial charge is 0.309 e. The summed E-state index contributed by atoms with van der Waals surface area (Å²) in [6.45, 7) is 0.436. The Balaban J connectivity index is 1.71. The Morgan fingerprint density at radius 2 is 2.00 bits per heavy atom. The summed E-state index contributed by atoms with van der Waals surface area (Å²) in [4.78, 5) is 12.4. The van der Waals surface area contributed by atoms with Gasteiger partial charge in [-0.05, 0) is 37.1 Å². The molecule has 1 aliphatic rings. The lowest BCUT2D eigenvalue weighted by molar-refractivity contribution is -0.120. The van der Waals surface area contributed by atoms with Crippen LogP contribution in [0.1, 0.15) is 12.8 Å². The third kappa shape index (κ3) is 3.88. The van der Waals surface area contributed by atoms with Crippen molar-refractivity contribution in [2.75, 3.05) is 18.4 Å². The summed E-state index contributed by atoms with van der Waals surface area (Å²) in [5, 5.41) is 6.80. The number of anilines is 1. The van der Waals surface area contributed by atoms with Crippen molar-refractivity contribution in [3.05, 3.63) is 42.3 Å². The second-order valence-electron chi connectivity index (χ2n) is 6.02. The molecule has 1 atom stereocenters. The van der Waals surface area contributed by atoms with Gasteiger partial charge in [-0.3, -0.25) is 9.48 Å². The Morgan fingerprint density at radius 3 is 2.64 bits per heavy atom. The third-order valence-corrected chi connectivity index (χ3v) is 6.05. The van der Waals surface area contributed by atoms with E-state index < -0.39 is 21.8 Å². The average Bonchev–Trinajstić information content (AvgIpc) is 3.00. The van der Waals surface area contributed by atoms with Gasteiger partial charge in [0.15, 0.2) is 5.82 Å². The normalized spacial score (nSPS) is 18.9. The third-order valence-electron chi connectivity index (χ3n) is 4.17. The summed E-state index contributed by atoms with van der Waals surface area (Å²) >= 11 is 0. The molecule has 0 aliphatic carbocycles. The van der Waals surface area contributed by atoms with E-state index in [9.17, 15) is 17.6 Å². The molecule has 134 valence electrons. The van der Waals surface area contributed by atoms with Crippen LogP contribution in [0.2, 0.25) is 0 Å². The number of halogens is 1. The molecule has 1 unspecified atom stereocenters. The van der Waals surface area contributed by atoms with Crippen molar-refractivity contribution in [2.24, 2.45) is 13.0 Å². The fourth-order valence-corrected chi connectivity index (χ4v) is 4.36. The summed E-state index contributed by atoms with van der Waals surface area (Å²) in [5.41, 5.74) is 0. The second-order valence-corrected chi connectivity index (χ2v) is 7.96. The van der Waals surface area contributed by atoms with E-state index in [1.165, 1.54) is 16.4 Å². The zero-order valence-corrected chi connectivity index (χ0v) is 14.5. The minimum atomic E-state index is -3.75. The molecule has 2 aromatic rings. The van der Waals surface area contributed by atoms with Crippen LogP contribution in [0.3, 0.4) is 0 Å². The molecular formula is C16H19FN4O3S. The maximum Gasteiger partial charge on any atom is 0.243 e. The molecule has 1 N–H and O–H groups in total. The van der Waals surface area contributed by atoms with Crippen molar-refractivity contribution in [3.8, 4) is 0 Å². The van der Waals surface area contributed by atoms with Gasteiger partial charge in [0, 0.05) is 32.4 Å². The quantitative estimate of drug-likeness (QED) is 0.891. The summed E-state index contributed by atoms with van der Waals surface area (Å²) < 4.78 is 41.2. The van der Waals surface area contributed by atoms with Crippen LogP contribution in [0.4, 0.5) is 10.2 Å². The van der Waals surface area contributed by atoms with Gasteiger partial charge in [-0.1, -0.05) is 0 Å². The van der Waals surface area contributed by atoms with Crippen LogP contribution in [0.5, 0.6) is 0 Å². The molecule has 1 fully saturated rings. The van der Waals surface area contributed by atoms with Gasteiger partial charge in [-0.25, -0.2) is 12.8 Å². The molecule has 2 heterocycles. The van der Waals surface area contributed by atoms with Crippen molar-refractivity contribution in [1.82, 2.24) is 14.1 Å². The second kappa shape index (κ2) is 6.93. The Bertz CT molecular complexity index is 864. The van der Waals surface area contributed by atoms with Crippen LogP contribution in [0.15, 0.2) is 41.4 Å². The molecule has 1 amide bonds. The number of carbonyl (C=O) groups excluding carboxylic acids is 1. The number of hydrogen-bond acceptors (Lipinski definition) is 4. The highest BCUT2D eigenvalue weighted by Gasteiger charge is 2.33. The Morgan fingerprint density at radius 1 is 1.28 bits per heavy atom. The molecule has 1 aromatic carbocycles. The van der Waals surface area contributed by atoms with Crippen LogP contribution >= 0.6 is 0 Å². The number of nitrogens with zero attached hydrogens (tertiary/aromatic N) is 3. The molecule has 9 heteroatoms. The van der Waals surface area contributed by atoms with E-state index in [0.717, 1.165) is 12.1 Å². The molecule has 7 nitrogen and oxygen atoms in total. The van der Waals surface area contributed by atoms with Crippen LogP contribution in [0, 0.1) is 11.7 Å². The van der Waals surface area contributed by atoms with Gasteiger partial charge < -0.3 is 5.32 Å². The standard InChI is InChI=1S/C16H19FN4O3S/c1-20-10-8-15(19-20)18-16(22)12-3-2-9-21(11-12)25(23,24)14-6-4-13(17)5-7-14/h4-8,10,12H,2-3,9,11H2,1H3,(H,18,19,22). The van der Waals surface area contributed by atoms with Crippen LogP contribution in [-0.4, -0.2) is 41.5 Å². The molecule has 0 bridgehead atoms. The molecule has 25 heavy (non-hydrogen) atoms. The predicted molar refractivity (Wildman–Crippen MR) is 89.7 cm³/mol. The number of piperidine rings is 1. The summed E-state index contributed by atoms with van der Waals surface area (Å²) in [6, 6.07) is 6.38. The first kappa shape index (κ1) is 17.6. The van der Waals surface area contributed by atoms with E-state index in [1.54, 1.807) is 24.0 Å². The highest BCUT2D eigenvalue weighted by atomic mass is 32.2. The number of carbonyl (C=O) groups is 1. The number of rotatable bonds is 4. The number of hydrogen-bond donors (Lipinski definition) is 1. The van der Waals surface area contributed by atoms with Crippen molar-refractivity contribution in [1.29, 1.82) is 0 Å². The van der Waals surface area contributed by atoms with Crippen molar-refractivity contribution in [2.45, 2.75) is 17.7 Å². The Kier molecular flexibility index (Phi) is 4.87. The van der Waals surface area contributed by atoms with Gasteiger partial charge in [0.1, 0.15) is 5.82 Å². The molecule has 0 spiro atoms. The van der Waals surface area contributed by atoms with Gasteiger partial charge >= 0.3 is 0 Å². The smallest absolute Gasteiger partial charge is 0.243 e. The molecule has 1 saturated heterocycles. The number of aryl methyl sites for hydroxylation is 1. The van der Waals surface area contributed by atoms with Crippen LogP contribution in [0.25, 0.3) is 0 Å². The maximum absolute atomic E-state index is 13.0. The van der Waals surface area contributed by atoms with Crippen LogP contribution in [-0.2, 0) is 21.9 Å². The summed E-state index contributed by atoms with van der Waals surface area (Å²) in [7, 11) is -2.00. The van der Waals surface area contributed by atoms with Crippen molar-refractivity contribution in [3.63, 3.8) is 0 Å². The highest BCUT2D eigenvalue weighted by Crippen LogP contribution is 2.24. The van der Waals surface area contributed by atoms with E-state index in [0.29, 0.717) is 25.2 Å². The van der Waals surface area contributed by atoms with Gasteiger partial charge in [0.2, 0.25) is 15.9 Å². The number of aromatic nitrogens is 2. The number of sulfonamides is 1. The lowest BCUT2D eigenvalue weighted by atomic mass is 9.99. The van der Waals surface area contributed by atoms with Gasteiger partial charge in [0.05, 0.1) is 10.8 Å². The summed E-state index contributed by atoms with van der Waals surface area (Å²) in [6.07, 6.45) is 2.90. The number of amides is 1. The lowest BCUT2D eigenvalue weighted by Gasteiger charge is -2.31. The van der Waals surface area contributed by atoms with E-state index in [4.69, 9.17) is 0 Å². The van der Waals surface area contributed by atoms with E-state index >= 15 is 0 Å². The maximum atomic E-state index is 13.0. The number of nitrogens with one attached hydrogen (secondary N) is 1. The van der Waals surface area contributed by atoms with Crippen molar-refractivity contribution < 1.29 is 17.6 Å². The average molecular weight is 366 g/mol. The van der Waals surface area contributed by atoms with Gasteiger partial charge in [-0.15, -0.1) is 0 Å². The lowest BCUT2D eigenvalue weighted by Crippen LogP contribution is -2.43. The Hall–Kier alpha value is -2.26. The van der Waals surface area contributed by atoms with E-state index in [2.05, 4.69) is 10.4 Å². The minimum Gasteiger partial charge on any atom is -0.309 e. The van der Waals surface area contributed by atoms with Gasteiger partial charge in [0.25, 0.3) is 0 Å². The Labute approximate surface area is 145 Å². The SMILES string of the molecule is Cn1ccc(NC(=O)C2CCCN(S(=O)(=O)c3ccc(F)cc3)C2)n1. The zero-order valence-electron chi connectivity index (χ0n) is 13.7. The van der Waals surface area contributed by atoms with Crippen LogP contribution < -0.4 is 5.32 Å².